The normalized spacial score (nSPS) is 11.2. The van der Waals surface area contributed by atoms with E-state index in [9.17, 15) is 4.79 Å². The summed E-state index contributed by atoms with van der Waals surface area (Å²) in [5.41, 5.74) is 5.16. The monoisotopic (exact) mass is 280 g/mol. The minimum Gasteiger partial charge on any atom is -0.289 e. The van der Waals surface area contributed by atoms with E-state index >= 15 is 0 Å². The molecule has 0 aliphatic heterocycles. The Bertz CT molecular complexity index is 651. The Hall–Kier alpha value is -1.89. The van der Waals surface area contributed by atoms with Crippen molar-refractivity contribution < 1.29 is 4.79 Å². The maximum absolute atomic E-state index is 12.8. The summed E-state index contributed by atoms with van der Waals surface area (Å²) in [6.07, 6.45) is 0. The van der Waals surface area contributed by atoms with Gasteiger partial charge in [0.2, 0.25) is 0 Å². The summed E-state index contributed by atoms with van der Waals surface area (Å²) in [5.74, 6) is 0.941. The quantitative estimate of drug-likeness (QED) is 0.678. The molecule has 0 saturated heterocycles. The maximum Gasteiger partial charge on any atom is 0.193 e. The highest BCUT2D eigenvalue weighted by atomic mass is 16.1. The zero-order valence-electron chi connectivity index (χ0n) is 13.6. The first-order valence-electron chi connectivity index (χ1n) is 7.65. The van der Waals surface area contributed by atoms with Crippen molar-refractivity contribution in [1.29, 1.82) is 0 Å². The second-order valence-corrected chi connectivity index (χ2v) is 6.35. The van der Waals surface area contributed by atoms with Crippen molar-refractivity contribution in [3.63, 3.8) is 0 Å². The minimum absolute atomic E-state index is 0.123. The van der Waals surface area contributed by atoms with Crippen LogP contribution in [0.4, 0.5) is 0 Å². The summed E-state index contributed by atoms with van der Waals surface area (Å²) in [6, 6.07) is 14.1. The van der Waals surface area contributed by atoms with Crippen LogP contribution in [-0.4, -0.2) is 5.78 Å². The molecule has 0 saturated carbocycles. The highest BCUT2D eigenvalue weighted by molar-refractivity contribution is 6.10. The zero-order valence-corrected chi connectivity index (χ0v) is 13.6. The van der Waals surface area contributed by atoms with E-state index in [4.69, 9.17) is 0 Å². The number of hydrogen-bond acceptors (Lipinski definition) is 1. The van der Waals surface area contributed by atoms with E-state index in [0.29, 0.717) is 11.8 Å². The fourth-order valence-corrected chi connectivity index (χ4v) is 2.57. The molecule has 0 N–H and O–H groups in total. The third-order valence-corrected chi connectivity index (χ3v) is 3.89. The van der Waals surface area contributed by atoms with E-state index in [-0.39, 0.29) is 5.78 Å². The van der Waals surface area contributed by atoms with Gasteiger partial charge in [-0.15, -0.1) is 0 Å². The first kappa shape index (κ1) is 15.5. The molecular weight excluding hydrogens is 256 g/mol. The number of aryl methyl sites for hydroxylation is 1. The fraction of sp³-hybridized carbons (Fsp3) is 0.350. The van der Waals surface area contributed by atoms with Gasteiger partial charge in [0.05, 0.1) is 0 Å². The Morgan fingerprint density at radius 2 is 1.62 bits per heavy atom. The third kappa shape index (κ3) is 3.41. The summed E-state index contributed by atoms with van der Waals surface area (Å²) in [6.45, 7) is 10.7. The largest absolute Gasteiger partial charge is 0.289 e. The van der Waals surface area contributed by atoms with Gasteiger partial charge in [-0.25, -0.2) is 0 Å². The lowest BCUT2D eigenvalue weighted by atomic mass is 9.88. The van der Waals surface area contributed by atoms with E-state index in [1.165, 1.54) is 5.56 Å². The zero-order chi connectivity index (χ0) is 15.6. The van der Waals surface area contributed by atoms with Crippen molar-refractivity contribution >= 4 is 5.78 Å². The Kier molecular flexibility index (Phi) is 4.62. The summed E-state index contributed by atoms with van der Waals surface area (Å²) >= 11 is 0. The van der Waals surface area contributed by atoms with Crippen LogP contribution >= 0.6 is 0 Å². The molecule has 0 aliphatic carbocycles. The number of carbonyl (C=O) groups is 1. The molecule has 0 aromatic heterocycles. The van der Waals surface area contributed by atoms with Gasteiger partial charge in [-0.2, -0.15) is 0 Å². The number of ketones is 1. The minimum atomic E-state index is 0.123. The van der Waals surface area contributed by atoms with Crippen molar-refractivity contribution in [3.05, 3.63) is 70.3 Å². The molecular formula is C20H24O. The molecule has 0 amide bonds. The van der Waals surface area contributed by atoms with Gasteiger partial charge in [0.15, 0.2) is 5.78 Å². The molecule has 2 rings (SSSR count). The van der Waals surface area contributed by atoms with E-state index < -0.39 is 0 Å². The standard InChI is InChI=1S/C20H24O/c1-13(2)16-9-10-18(19(12-16)14(3)4)20(21)17-8-6-7-15(5)11-17/h6-14H,1-5H3. The van der Waals surface area contributed by atoms with Crippen LogP contribution in [0.3, 0.4) is 0 Å². The molecule has 2 aromatic carbocycles. The fourth-order valence-electron chi connectivity index (χ4n) is 2.57. The topological polar surface area (TPSA) is 17.1 Å². The van der Waals surface area contributed by atoms with E-state index in [0.717, 1.165) is 22.3 Å². The first-order valence-corrected chi connectivity index (χ1v) is 7.65. The van der Waals surface area contributed by atoms with Crippen LogP contribution < -0.4 is 0 Å². The van der Waals surface area contributed by atoms with E-state index in [2.05, 4.69) is 39.8 Å². The summed E-state index contributed by atoms with van der Waals surface area (Å²) < 4.78 is 0. The molecule has 0 unspecified atom stereocenters. The average Bonchev–Trinajstić information content (AvgIpc) is 2.45. The molecule has 2 aromatic rings. The third-order valence-electron chi connectivity index (χ3n) is 3.89. The van der Waals surface area contributed by atoms with E-state index in [1.54, 1.807) is 0 Å². The highest BCUT2D eigenvalue weighted by Crippen LogP contribution is 2.26. The van der Waals surface area contributed by atoms with Crippen LogP contribution in [0, 0.1) is 6.92 Å². The molecule has 110 valence electrons. The van der Waals surface area contributed by atoms with Gasteiger partial charge in [0.25, 0.3) is 0 Å². The molecule has 1 heteroatoms. The molecule has 21 heavy (non-hydrogen) atoms. The molecule has 0 radical (unpaired) electrons. The second-order valence-electron chi connectivity index (χ2n) is 6.35. The molecule has 0 spiro atoms. The van der Waals surface area contributed by atoms with Crippen molar-refractivity contribution in [2.45, 2.75) is 46.5 Å². The Labute approximate surface area is 128 Å². The van der Waals surface area contributed by atoms with Crippen LogP contribution in [0.5, 0.6) is 0 Å². The van der Waals surface area contributed by atoms with Gasteiger partial charge in [0.1, 0.15) is 0 Å². The van der Waals surface area contributed by atoms with Crippen molar-refractivity contribution in [1.82, 2.24) is 0 Å². The van der Waals surface area contributed by atoms with Gasteiger partial charge in [0, 0.05) is 11.1 Å². The molecule has 0 aliphatic rings. The lowest BCUT2D eigenvalue weighted by Crippen LogP contribution is -2.08. The summed E-state index contributed by atoms with van der Waals surface area (Å²) in [4.78, 5) is 12.8. The summed E-state index contributed by atoms with van der Waals surface area (Å²) in [5, 5.41) is 0. The van der Waals surface area contributed by atoms with Crippen LogP contribution in [0.1, 0.15) is 72.1 Å². The predicted molar refractivity (Wildman–Crippen MR) is 89.2 cm³/mol. The van der Waals surface area contributed by atoms with Crippen molar-refractivity contribution in [2.75, 3.05) is 0 Å². The molecule has 1 nitrogen and oxygen atoms in total. The van der Waals surface area contributed by atoms with Crippen molar-refractivity contribution in [2.24, 2.45) is 0 Å². The number of benzene rings is 2. The number of hydrogen-bond donors (Lipinski definition) is 0. The van der Waals surface area contributed by atoms with Crippen molar-refractivity contribution in [3.8, 4) is 0 Å². The van der Waals surface area contributed by atoms with Crippen LogP contribution in [-0.2, 0) is 0 Å². The van der Waals surface area contributed by atoms with Gasteiger partial charge in [-0.3, -0.25) is 4.79 Å². The lowest BCUT2D eigenvalue weighted by molar-refractivity contribution is 0.103. The molecule has 0 bridgehead atoms. The van der Waals surface area contributed by atoms with Gasteiger partial charge >= 0.3 is 0 Å². The maximum atomic E-state index is 12.8. The average molecular weight is 280 g/mol. The van der Waals surface area contributed by atoms with Crippen LogP contribution in [0.15, 0.2) is 42.5 Å². The summed E-state index contributed by atoms with van der Waals surface area (Å²) in [7, 11) is 0. The predicted octanol–water partition coefficient (Wildman–Crippen LogP) is 5.47. The Morgan fingerprint density at radius 3 is 2.19 bits per heavy atom. The SMILES string of the molecule is Cc1cccc(C(=O)c2ccc(C(C)C)cc2C(C)C)c1. The first-order chi connectivity index (χ1) is 9.90. The van der Waals surface area contributed by atoms with Gasteiger partial charge < -0.3 is 0 Å². The van der Waals surface area contributed by atoms with Crippen LogP contribution in [0.25, 0.3) is 0 Å². The van der Waals surface area contributed by atoms with Gasteiger partial charge in [-0.1, -0.05) is 69.7 Å². The number of carbonyl (C=O) groups excluding carboxylic acids is 1. The Balaban J connectivity index is 2.50. The highest BCUT2D eigenvalue weighted by Gasteiger charge is 2.17. The van der Waals surface area contributed by atoms with E-state index in [1.807, 2.05) is 37.3 Å². The molecule has 0 heterocycles. The molecule has 0 fully saturated rings. The van der Waals surface area contributed by atoms with Gasteiger partial charge in [-0.05, 0) is 36.0 Å². The number of rotatable bonds is 4. The molecule has 0 atom stereocenters. The smallest absolute Gasteiger partial charge is 0.193 e. The lowest BCUT2D eigenvalue weighted by Gasteiger charge is -2.16. The van der Waals surface area contributed by atoms with Crippen LogP contribution in [0.2, 0.25) is 0 Å². The Morgan fingerprint density at radius 1 is 0.905 bits per heavy atom. The second kappa shape index (κ2) is 6.26.